The van der Waals surface area contributed by atoms with Gasteiger partial charge in [-0.2, -0.15) is 5.26 Å². The Morgan fingerprint density at radius 2 is 1.84 bits per heavy atom. The molecule has 0 aliphatic rings. The van der Waals surface area contributed by atoms with Gasteiger partial charge in [0.2, 0.25) is 0 Å². The molecule has 0 fully saturated rings. The molecule has 0 amide bonds. The summed E-state index contributed by atoms with van der Waals surface area (Å²) in [7, 11) is 1.98. The van der Waals surface area contributed by atoms with Crippen molar-refractivity contribution in [1.82, 2.24) is 4.90 Å². The highest BCUT2D eigenvalue weighted by Crippen LogP contribution is 2.11. The highest BCUT2D eigenvalue weighted by Gasteiger charge is 2.15. The van der Waals surface area contributed by atoms with Gasteiger partial charge in [0, 0.05) is 11.6 Å². The fourth-order valence-electron chi connectivity index (χ4n) is 2.07. The Hall–Kier alpha value is -1.66. The van der Waals surface area contributed by atoms with Crippen molar-refractivity contribution in [1.29, 1.82) is 5.26 Å². The maximum atomic E-state index is 12.1. The molecule has 1 aromatic rings. The zero-order chi connectivity index (χ0) is 14.4. The zero-order valence-electron chi connectivity index (χ0n) is 12.2. The number of nitriles is 1. The number of Topliss-reactive ketones (excluding diaryl/α,β-unsaturated/α-hetero) is 1. The summed E-state index contributed by atoms with van der Waals surface area (Å²) in [5, 5.41) is 8.73. The van der Waals surface area contributed by atoms with Gasteiger partial charge in [0.25, 0.3) is 0 Å². The molecular weight excluding hydrogens is 236 g/mol. The molecule has 0 heterocycles. The molecule has 1 unspecified atom stereocenters. The van der Waals surface area contributed by atoms with Crippen LogP contribution in [-0.2, 0) is 0 Å². The Kier molecular flexibility index (Phi) is 5.72. The van der Waals surface area contributed by atoms with Crippen molar-refractivity contribution < 1.29 is 4.79 Å². The highest BCUT2D eigenvalue weighted by molar-refractivity contribution is 5.97. The van der Waals surface area contributed by atoms with Crippen molar-refractivity contribution in [3.63, 3.8) is 0 Å². The Morgan fingerprint density at radius 1 is 1.26 bits per heavy atom. The smallest absolute Gasteiger partial charge is 0.176 e. The summed E-state index contributed by atoms with van der Waals surface area (Å²) in [6.07, 6.45) is 1.08. The predicted octanol–water partition coefficient (Wildman–Crippen LogP) is 3.11. The van der Waals surface area contributed by atoms with Crippen molar-refractivity contribution in [2.24, 2.45) is 5.92 Å². The minimum Gasteiger partial charge on any atom is -0.296 e. The lowest BCUT2D eigenvalue weighted by atomic mass is 10.0. The number of benzene rings is 1. The van der Waals surface area contributed by atoms with Crippen LogP contribution in [0.3, 0.4) is 0 Å². The highest BCUT2D eigenvalue weighted by atomic mass is 16.1. The van der Waals surface area contributed by atoms with E-state index in [1.165, 1.54) is 0 Å². The fourth-order valence-corrected chi connectivity index (χ4v) is 2.07. The molecule has 19 heavy (non-hydrogen) atoms. The summed E-state index contributed by atoms with van der Waals surface area (Å²) < 4.78 is 0. The fraction of sp³-hybridized carbons (Fsp3) is 0.500. The lowest BCUT2D eigenvalue weighted by Gasteiger charge is -2.25. The van der Waals surface area contributed by atoms with Gasteiger partial charge in [-0.1, -0.05) is 26.0 Å². The Bertz CT molecular complexity index is 457. The van der Waals surface area contributed by atoms with E-state index < -0.39 is 0 Å². The summed E-state index contributed by atoms with van der Waals surface area (Å²) in [6, 6.07) is 9.26. The minimum atomic E-state index is 0.0996. The number of carbonyl (C=O) groups excluding carboxylic acids is 1. The van der Waals surface area contributed by atoms with E-state index >= 15 is 0 Å². The third-order valence-corrected chi connectivity index (χ3v) is 3.29. The van der Waals surface area contributed by atoms with Crippen molar-refractivity contribution in [2.45, 2.75) is 33.2 Å². The first-order valence-corrected chi connectivity index (χ1v) is 6.67. The van der Waals surface area contributed by atoms with Gasteiger partial charge in [-0.05, 0) is 38.4 Å². The summed E-state index contributed by atoms with van der Waals surface area (Å²) in [5.74, 6) is 0.727. The molecule has 1 aromatic carbocycles. The first-order valence-electron chi connectivity index (χ1n) is 6.67. The quantitative estimate of drug-likeness (QED) is 0.736. The summed E-state index contributed by atoms with van der Waals surface area (Å²) in [4.78, 5) is 14.2. The van der Waals surface area contributed by atoms with Gasteiger partial charge in [0.15, 0.2) is 5.78 Å². The van der Waals surface area contributed by atoms with E-state index in [-0.39, 0.29) is 5.78 Å². The number of hydrogen-bond acceptors (Lipinski definition) is 3. The molecular formula is C16H22N2O. The molecule has 1 rings (SSSR count). The van der Waals surface area contributed by atoms with Gasteiger partial charge in [0.1, 0.15) is 0 Å². The van der Waals surface area contributed by atoms with Crippen LogP contribution in [0.2, 0.25) is 0 Å². The van der Waals surface area contributed by atoms with E-state index in [0.29, 0.717) is 29.6 Å². The molecule has 3 nitrogen and oxygen atoms in total. The predicted molar refractivity (Wildman–Crippen MR) is 77.0 cm³/mol. The number of likely N-dealkylation sites (N-methyl/N-ethyl adjacent to an activating group) is 1. The standard InChI is InChI=1S/C16H22N2O/c1-12(2)9-13(3)18(4)11-16(19)15-7-5-14(10-17)6-8-15/h5-8,12-13H,9,11H2,1-4H3. The number of nitrogens with zero attached hydrogens (tertiary/aromatic N) is 2. The van der Waals surface area contributed by atoms with Crippen LogP contribution in [0, 0.1) is 17.2 Å². The maximum Gasteiger partial charge on any atom is 0.176 e. The number of rotatable bonds is 6. The molecule has 3 heteroatoms. The van der Waals surface area contributed by atoms with Crippen molar-refractivity contribution in [3.8, 4) is 6.07 Å². The molecule has 0 saturated heterocycles. The summed E-state index contributed by atoms with van der Waals surface area (Å²) in [5.41, 5.74) is 1.25. The van der Waals surface area contributed by atoms with Crippen LogP contribution < -0.4 is 0 Å². The number of ketones is 1. The van der Waals surface area contributed by atoms with Gasteiger partial charge in [-0.3, -0.25) is 9.69 Å². The van der Waals surface area contributed by atoms with Crippen LogP contribution in [0.25, 0.3) is 0 Å². The molecule has 0 aliphatic carbocycles. The molecule has 0 bridgehead atoms. The Labute approximate surface area is 115 Å². The second-order valence-corrected chi connectivity index (χ2v) is 5.51. The van der Waals surface area contributed by atoms with Crippen LogP contribution in [-0.4, -0.2) is 30.3 Å². The normalized spacial score (nSPS) is 12.5. The van der Waals surface area contributed by atoms with Gasteiger partial charge in [0.05, 0.1) is 18.2 Å². The van der Waals surface area contributed by atoms with E-state index in [1.54, 1.807) is 24.3 Å². The molecule has 0 spiro atoms. The van der Waals surface area contributed by atoms with E-state index in [1.807, 2.05) is 7.05 Å². The van der Waals surface area contributed by atoms with Gasteiger partial charge in [-0.25, -0.2) is 0 Å². The van der Waals surface area contributed by atoms with E-state index in [9.17, 15) is 4.79 Å². The average molecular weight is 258 g/mol. The van der Waals surface area contributed by atoms with E-state index in [0.717, 1.165) is 6.42 Å². The first kappa shape index (κ1) is 15.4. The largest absolute Gasteiger partial charge is 0.296 e. The van der Waals surface area contributed by atoms with Crippen LogP contribution in [0.5, 0.6) is 0 Å². The topological polar surface area (TPSA) is 44.1 Å². The van der Waals surface area contributed by atoms with Crippen molar-refractivity contribution >= 4 is 5.78 Å². The van der Waals surface area contributed by atoms with Crippen LogP contribution >= 0.6 is 0 Å². The van der Waals surface area contributed by atoms with Gasteiger partial charge < -0.3 is 0 Å². The van der Waals surface area contributed by atoms with E-state index in [2.05, 4.69) is 31.7 Å². The second-order valence-electron chi connectivity index (χ2n) is 5.51. The van der Waals surface area contributed by atoms with Crippen molar-refractivity contribution in [2.75, 3.05) is 13.6 Å². The molecule has 0 N–H and O–H groups in total. The van der Waals surface area contributed by atoms with Crippen LogP contribution in [0.4, 0.5) is 0 Å². The lowest BCUT2D eigenvalue weighted by molar-refractivity contribution is 0.0916. The maximum absolute atomic E-state index is 12.1. The van der Waals surface area contributed by atoms with Crippen LogP contribution in [0.15, 0.2) is 24.3 Å². The number of hydrogen-bond donors (Lipinski definition) is 0. The molecule has 102 valence electrons. The third-order valence-electron chi connectivity index (χ3n) is 3.29. The van der Waals surface area contributed by atoms with Crippen molar-refractivity contribution in [3.05, 3.63) is 35.4 Å². The van der Waals surface area contributed by atoms with E-state index in [4.69, 9.17) is 5.26 Å². The Morgan fingerprint density at radius 3 is 2.32 bits per heavy atom. The number of carbonyl (C=O) groups is 1. The summed E-state index contributed by atoms with van der Waals surface area (Å²) >= 11 is 0. The molecule has 0 aliphatic heterocycles. The van der Waals surface area contributed by atoms with Crippen LogP contribution in [0.1, 0.15) is 43.1 Å². The summed E-state index contributed by atoms with van der Waals surface area (Å²) in [6.45, 7) is 6.94. The average Bonchev–Trinajstić information content (AvgIpc) is 2.37. The molecule has 0 saturated carbocycles. The monoisotopic (exact) mass is 258 g/mol. The van der Waals surface area contributed by atoms with Gasteiger partial charge >= 0.3 is 0 Å². The molecule has 0 radical (unpaired) electrons. The Balaban J connectivity index is 2.61. The zero-order valence-corrected chi connectivity index (χ0v) is 12.2. The lowest BCUT2D eigenvalue weighted by Crippen LogP contribution is -2.34. The van der Waals surface area contributed by atoms with Gasteiger partial charge in [-0.15, -0.1) is 0 Å². The second kappa shape index (κ2) is 7.06. The minimum absolute atomic E-state index is 0.0996. The first-order chi connectivity index (χ1) is 8.93. The molecule has 0 aromatic heterocycles. The third kappa shape index (κ3) is 4.84. The SMILES string of the molecule is CC(C)CC(C)N(C)CC(=O)c1ccc(C#N)cc1. The molecule has 1 atom stereocenters.